The van der Waals surface area contributed by atoms with E-state index in [4.69, 9.17) is 4.98 Å². The van der Waals surface area contributed by atoms with E-state index in [0.29, 0.717) is 0 Å². The van der Waals surface area contributed by atoms with Gasteiger partial charge in [0.25, 0.3) is 0 Å². The minimum Gasteiger partial charge on any atom is -0.353 e. The summed E-state index contributed by atoms with van der Waals surface area (Å²) in [6, 6.07) is 8.30. The van der Waals surface area contributed by atoms with Crippen LogP contribution in [0.25, 0.3) is 10.2 Å². The van der Waals surface area contributed by atoms with E-state index in [9.17, 15) is 0 Å². The van der Waals surface area contributed by atoms with Crippen LogP contribution >= 0.6 is 11.3 Å². The van der Waals surface area contributed by atoms with Gasteiger partial charge >= 0.3 is 0 Å². The molecule has 1 aromatic carbocycles. The van der Waals surface area contributed by atoms with Gasteiger partial charge in [0.2, 0.25) is 0 Å². The molecule has 0 atom stereocenters. The number of likely N-dealkylation sites (N-methyl/N-ethyl adjacent to an activating group) is 1. The largest absolute Gasteiger partial charge is 0.353 e. The molecule has 1 aliphatic rings. The third kappa shape index (κ3) is 2.87. The molecular weight excluding hydrogens is 318 g/mol. The van der Waals surface area contributed by atoms with Crippen LogP contribution in [0.5, 0.6) is 0 Å². The third-order valence-electron chi connectivity index (χ3n) is 4.58. The highest BCUT2D eigenvalue weighted by Crippen LogP contribution is 2.28. The molecule has 0 saturated heterocycles. The average molecular weight is 339 g/mol. The summed E-state index contributed by atoms with van der Waals surface area (Å²) >= 11 is 1.76. The molecule has 3 heterocycles. The molecule has 3 aromatic rings. The van der Waals surface area contributed by atoms with Crippen LogP contribution in [0, 0.1) is 0 Å². The topological polar surface area (TPSA) is 45.2 Å². The van der Waals surface area contributed by atoms with Crippen molar-refractivity contribution in [2.45, 2.75) is 26.4 Å². The van der Waals surface area contributed by atoms with Crippen molar-refractivity contribution in [1.29, 1.82) is 0 Å². The Morgan fingerprint density at radius 1 is 1.25 bits per heavy atom. The van der Waals surface area contributed by atoms with Crippen molar-refractivity contribution in [3.63, 3.8) is 0 Å². The molecule has 0 bridgehead atoms. The van der Waals surface area contributed by atoms with E-state index in [1.54, 1.807) is 17.7 Å². The van der Waals surface area contributed by atoms with E-state index in [1.165, 1.54) is 16.0 Å². The summed E-state index contributed by atoms with van der Waals surface area (Å²) in [5.41, 5.74) is 3.54. The second kappa shape index (κ2) is 6.45. The van der Waals surface area contributed by atoms with Crippen molar-refractivity contribution in [3.8, 4) is 0 Å². The number of aromatic nitrogens is 3. The van der Waals surface area contributed by atoms with Gasteiger partial charge in [-0.15, -0.1) is 11.3 Å². The second-order valence-corrected chi connectivity index (χ2v) is 7.29. The van der Waals surface area contributed by atoms with Crippen molar-refractivity contribution in [2.75, 3.05) is 25.0 Å². The van der Waals surface area contributed by atoms with E-state index in [1.807, 2.05) is 6.07 Å². The lowest BCUT2D eigenvalue weighted by Gasteiger charge is -2.30. The van der Waals surface area contributed by atoms with Crippen molar-refractivity contribution in [2.24, 2.45) is 0 Å². The number of para-hydroxylation sites is 1. The fraction of sp³-hybridized carbons (Fsp3) is 0.389. The Kier molecular flexibility index (Phi) is 4.16. The van der Waals surface area contributed by atoms with E-state index in [2.05, 4.69) is 51.9 Å². The molecule has 0 saturated carbocycles. The van der Waals surface area contributed by atoms with Crippen LogP contribution in [-0.2, 0) is 19.5 Å². The molecule has 4 rings (SSSR count). The van der Waals surface area contributed by atoms with Crippen LogP contribution in [-0.4, -0.2) is 40.0 Å². The van der Waals surface area contributed by atoms with Gasteiger partial charge in [-0.25, -0.2) is 15.0 Å². The highest BCUT2D eigenvalue weighted by molar-refractivity contribution is 7.18. The monoisotopic (exact) mass is 339 g/mol. The number of fused-ring (bicyclic) bond motifs is 2. The van der Waals surface area contributed by atoms with E-state index >= 15 is 0 Å². The van der Waals surface area contributed by atoms with Gasteiger partial charge < -0.3 is 4.90 Å². The Hall–Kier alpha value is -2.05. The number of benzene rings is 1. The molecule has 6 heteroatoms. The predicted molar refractivity (Wildman–Crippen MR) is 98.4 cm³/mol. The number of anilines is 1. The molecule has 0 radical (unpaired) electrons. The highest BCUT2D eigenvalue weighted by Gasteiger charge is 2.22. The molecule has 24 heavy (non-hydrogen) atoms. The van der Waals surface area contributed by atoms with Gasteiger partial charge in [-0.05, 0) is 18.7 Å². The second-order valence-electron chi connectivity index (χ2n) is 6.17. The SMILES string of the molecule is CCN1CCc2ncnc(N(C)Cc3nc4ccccc4s3)c2C1. The van der Waals surface area contributed by atoms with Gasteiger partial charge in [-0.3, -0.25) is 4.90 Å². The third-order valence-corrected chi connectivity index (χ3v) is 5.60. The molecule has 0 unspecified atom stereocenters. The zero-order valence-electron chi connectivity index (χ0n) is 14.1. The molecule has 0 N–H and O–H groups in total. The summed E-state index contributed by atoms with van der Waals surface area (Å²) in [6.07, 6.45) is 2.71. The smallest absolute Gasteiger partial charge is 0.136 e. The van der Waals surface area contributed by atoms with Gasteiger partial charge in [0.1, 0.15) is 17.2 Å². The van der Waals surface area contributed by atoms with Gasteiger partial charge in [-0.1, -0.05) is 19.1 Å². The van der Waals surface area contributed by atoms with Gasteiger partial charge in [0, 0.05) is 32.1 Å². The zero-order valence-corrected chi connectivity index (χ0v) is 14.9. The Morgan fingerprint density at radius 2 is 2.12 bits per heavy atom. The maximum Gasteiger partial charge on any atom is 0.136 e. The summed E-state index contributed by atoms with van der Waals surface area (Å²) in [6.45, 7) is 6.07. The minimum absolute atomic E-state index is 0.773. The molecule has 0 aliphatic carbocycles. The maximum atomic E-state index is 4.74. The van der Waals surface area contributed by atoms with E-state index < -0.39 is 0 Å². The van der Waals surface area contributed by atoms with Crippen molar-refractivity contribution >= 4 is 27.4 Å². The molecule has 0 amide bonds. The summed E-state index contributed by atoms with van der Waals surface area (Å²) in [7, 11) is 2.10. The van der Waals surface area contributed by atoms with Crippen molar-refractivity contribution in [3.05, 3.63) is 46.9 Å². The van der Waals surface area contributed by atoms with Crippen molar-refractivity contribution in [1.82, 2.24) is 19.9 Å². The van der Waals surface area contributed by atoms with Crippen molar-refractivity contribution < 1.29 is 0 Å². The number of hydrogen-bond donors (Lipinski definition) is 0. The lowest BCUT2D eigenvalue weighted by Crippen LogP contribution is -2.33. The fourth-order valence-corrected chi connectivity index (χ4v) is 4.27. The van der Waals surface area contributed by atoms with Crippen LogP contribution in [0.3, 0.4) is 0 Å². The van der Waals surface area contributed by atoms with E-state index in [0.717, 1.165) is 48.9 Å². The van der Waals surface area contributed by atoms with Crippen LogP contribution in [0.2, 0.25) is 0 Å². The molecule has 1 aliphatic heterocycles. The Labute approximate surface area is 146 Å². The zero-order chi connectivity index (χ0) is 16.5. The highest BCUT2D eigenvalue weighted by atomic mass is 32.1. The summed E-state index contributed by atoms with van der Waals surface area (Å²) in [4.78, 5) is 18.5. The number of thiazole rings is 1. The standard InChI is InChI=1S/C18H21N5S/c1-3-23-9-8-14-13(10-23)18(20-12-19-14)22(2)11-17-21-15-6-4-5-7-16(15)24-17/h4-7,12H,3,8-11H2,1-2H3. The predicted octanol–water partition coefficient (Wildman–Crippen LogP) is 3.10. The van der Waals surface area contributed by atoms with Gasteiger partial charge in [0.15, 0.2) is 0 Å². The Balaban J connectivity index is 1.61. The number of hydrogen-bond acceptors (Lipinski definition) is 6. The first-order valence-electron chi connectivity index (χ1n) is 8.35. The molecule has 0 fully saturated rings. The maximum absolute atomic E-state index is 4.74. The van der Waals surface area contributed by atoms with Crippen LogP contribution in [0.4, 0.5) is 5.82 Å². The Morgan fingerprint density at radius 3 is 2.96 bits per heavy atom. The average Bonchev–Trinajstić information content (AvgIpc) is 3.02. The quantitative estimate of drug-likeness (QED) is 0.731. The first-order valence-corrected chi connectivity index (χ1v) is 9.17. The molecule has 124 valence electrons. The van der Waals surface area contributed by atoms with Crippen LogP contribution in [0.15, 0.2) is 30.6 Å². The summed E-state index contributed by atoms with van der Waals surface area (Å²) in [5, 5.41) is 1.12. The molecule has 2 aromatic heterocycles. The van der Waals surface area contributed by atoms with Crippen LogP contribution < -0.4 is 4.90 Å². The number of rotatable bonds is 4. The van der Waals surface area contributed by atoms with Crippen LogP contribution in [0.1, 0.15) is 23.2 Å². The lowest BCUT2D eigenvalue weighted by atomic mass is 10.1. The summed E-state index contributed by atoms with van der Waals surface area (Å²) < 4.78 is 1.24. The van der Waals surface area contributed by atoms with E-state index in [-0.39, 0.29) is 0 Å². The Bertz CT molecular complexity index is 826. The normalized spacial score (nSPS) is 14.8. The lowest BCUT2D eigenvalue weighted by molar-refractivity contribution is 0.265. The number of nitrogens with zero attached hydrogens (tertiary/aromatic N) is 5. The minimum atomic E-state index is 0.773. The fourth-order valence-electron chi connectivity index (χ4n) is 3.25. The first-order chi connectivity index (χ1) is 11.7. The van der Waals surface area contributed by atoms with Gasteiger partial charge in [-0.2, -0.15) is 0 Å². The first kappa shape index (κ1) is 15.5. The molecule has 0 spiro atoms. The summed E-state index contributed by atoms with van der Waals surface area (Å²) in [5.74, 6) is 1.04. The molecular formula is C18H21N5S. The molecule has 5 nitrogen and oxygen atoms in total. The van der Waals surface area contributed by atoms with Gasteiger partial charge in [0.05, 0.1) is 22.5 Å².